The van der Waals surface area contributed by atoms with Crippen molar-refractivity contribution in [1.82, 2.24) is 14.5 Å². The van der Waals surface area contributed by atoms with Crippen LogP contribution in [0.25, 0.3) is 22.4 Å². The quantitative estimate of drug-likeness (QED) is 0.439. The summed E-state index contributed by atoms with van der Waals surface area (Å²) >= 11 is 3.29. The minimum Gasteiger partial charge on any atom is -0.443 e. The monoisotopic (exact) mass is 517 g/mol. The molecule has 0 N–H and O–H groups in total. The van der Waals surface area contributed by atoms with Crippen LogP contribution in [0.4, 0.5) is 18.0 Å². The van der Waals surface area contributed by atoms with Gasteiger partial charge in [0, 0.05) is 22.6 Å². The molecule has 0 bridgehead atoms. The Kier molecular flexibility index (Phi) is 6.30. The molecule has 31 heavy (non-hydrogen) atoms. The number of nitrogens with zero attached hydrogens (tertiary/aromatic N) is 3. The van der Waals surface area contributed by atoms with Crippen LogP contribution in [0.3, 0.4) is 0 Å². The molecule has 1 atom stereocenters. The molecule has 166 valence electrons. The summed E-state index contributed by atoms with van der Waals surface area (Å²) in [6.45, 7) is 6.66. The molecule has 0 radical (unpaired) electrons. The van der Waals surface area contributed by atoms with Crippen LogP contribution in [0.15, 0.2) is 40.0 Å². The van der Waals surface area contributed by atoms with Crippen LogP contribution in [-0.4, -0.2) is 36.2 Å². The predicted octanol–water partition coefficient (Wildman–Crippen LogP) is 5.79. The molecule has 3 rings (SSSR count). The molecule has 0 aliphatic rings. The molecule has 0 aliphatic heterocycles. The zero-order valence-electron chi connectivity index (χ0n) is 17.1. The molecule has 3 aromatic heterocycles. The molecule has 3 aromatic rings. The number of halogens is 4. The van der Waals surface area contributed by atoms with Crippen LogP contribution < -0.4 is 0 Å². The van der Waals surface area contributed by atoms with Crippen LogP contribution in [0.2, 0.25) is 0 Å². The van der Waals surface area contributed by atoms with Gasteiger partial charge < -0.3 is 4.74 Å². The van der Waals surface area contributed by atoms with E-state index in [-0.39, 0.29) is 28.2 Å². The van der Waals surface area contributed by atoms with Gasteiger partial charge in [-0.15, -0.1) is 0 Å². The summed E-state index contributed by atoms with van der Waals surface area (Å²) < 4.78 is 59.5. The maximum absolute atomic E-state index is 13.3. The van der Waals surface area contributed by atoms with Crippen molar-refractivity contribution < 1.29 is 26.9 Å². The van der Waals surface area contributed by atoms with Gasteiger partial charge in [-0.3, -0.25) is 14.2 Å². The number of hydrogen-bond donors (Lipinski definition) is 0. The van der Waals surface area contributed by atoms with E-state index < -0.39 is 34.2 Å². The van der Waals surface area contributed by atoms with Gasteiger partial charge in [-0.25, -0.2) is 9.36 Å². The van der Waals surface area contributed by atoms with Gasteiger partial charge in [0.15, 0.2) is 0 Å². The number of rotatable bonds is 3. The summed E-state index contributed by atoms with van der Waals surface area (Å²) in [4.78, 5) is 21.5. The summed E-state index contributed by atoms with van der Waals surface area (Å²) in [6.07, 6.45) is -3.38. The molecule has 1 unspecified atom stereocenters. The molecular formula is C20H19BrF3N3O3S. The van der Waals surface area contributed by atoms with Crippen molar-refractivity contribution >= 4 is 43.9 Å². The van der Waals surface area contributed by atoms with Gasteiger partial charge in [-0.2, -0.15) is 13.2 Å². The Bertz CT molecular complexity index is 1190. The standard InChI is InChI=1S/C20H19BrF3N3O3S/c1-5-31(29)16-7-12(21)10-26-17(16)15-8-13-14(6-11(9-25-13)20(22,23)24)27(15)18(28)30-19(2,3)4/h6-10H,5H2,1-4H3. The largest absolute Gasteiger partial charge is 0.443 e. The number of ether oxygens (including phenoxy) is 1. The Balaban J connectivity index is 2.35. The van der Waals surface area contributed by atoms with Gasteiger partial charge in [-0.05, 0) is 54.9 Å². The van der Waals surface area contributed by atoms with E-state index in [1.54, 1.807) is 33.8 Å². The molecule has 0 aliphatic carbocycles. The summed E-state index contributed by atoms with van der Waals surface area (Å²) in [5.41, 5.74) is -1.51. The third kappa shape index (κ3) is 4.98. The Morgan fingerprint density at radius 2 is 1.84 bits per heavy atom. The number of aromatic nitrogens is 3. The molecule has 0 saturated carbocycles. The second-order valence-electron chi connectivity index (χ2n) is 7.61. The van der Waals surface area contributed by atoms with Crippen molar-refractivity contribution in [2.24, 2.45) is 0 Å². The minimum absolute atomic E-state index is 0.0861. The highest BCUT2D eigenvalue weighted by molar-refractivity contribution is 9.10. The maximum Gasteiger partial charge on any atom is 0.419 e. The molecule has 0 spiro atoms. The van der Waals surface area contributed by atoms with Gasteiger partial charge in [0.2, 0.25) is 0 Å². The fourth-order valence-electron chi connectivity index (χ4n) is 2.85. The van der Waals surface area contributed by atoms with E-state index in [2.05, 4.69) is 25.9 Å². The van der Waals surface area contributed by atoms with E-state index in [9.17, 15) is 22.2 Å². The van der Waals surface area contributed by atoms with Crippen molar-refractivity contribution in [3.05, 3.63) is 40.6 Å². The Morgan fingerprint density at radius 1 is 1.16 bits per heavy atom. The van der Waals surface area contributed by atoms with Crippen LogP contribution in [0.5, 0.6) is 0 Å². The van der Waals surface area contributed by atoms with E-state index in [0.717, 1.165) is 10.6 Å². The minimum atomic E-state index is -4.64. The Hall–Kier alpha value is -2.27. The number of carbonyl (C=O) groups is 1. The number of pyridine rings is 2. The van der Waals surface area contributed by atoms with Gasteiger partial charge in [-0.1, -0.05) is 6.92 Å². The summed E-state index contributed by atoms with van der Waals surface area (Å²) in [6, 6.07) is 3.88. The Morgan fingerprint density at radius 3 is 2.42 bits per heavy atom. The first-order valence-corrected chi connectivity index (χ1v) is 11.3. The van der Waals surface area contributed by atoms with Gasteiger partial charge in [0.1, 0.15) is 11.3 Å². The summed E-state index contributed by atoms with van der Waals surface area (Å²) in [7, 11) is -1.45. The number of alkyl halides is 3. The van der Waals surface area contributed by atoms with Crippen molar-refractivity contribution in [3.63, 3.8) is 0 Å². The Labute approximate surface area is 187 Å². The normalized spacial score (nSPS) is 13.4. The lowest BCUT2D eigenvalue weighted by molar-refractivity contribution is -0.137. The number of carbonyl (C=O) groups excluding carboxylic acids is 1. The van der Waals surface area contributed by atoms with Crippen LogP contribution in [-0.2, 0) is 21.7 Å². The van der Waals surface area contributed by atoms with Gasteiger partial charge in [0.05, 0.1) is 38.0 Å². The molecule has 3 heterocycles. The highest BCUT2D eigenvalue weighted by atomic mass is 79.9. The van der Waals surface area contributed by atoms with Crippen molar-refractivity contribution in [3.8, 4) is 11.4 Å². The lowest BCUT2D eigenvalue weighted by atomic mass is 10.2. The second-order valence-corrected chi connectivity index (χ2v) is 10.2. The third-order valence-electron chi connectivity index (χ3n) is 4.13. The highest BCUT2D eigenvalue weighted by Gasteiger charge is 2.33. The molecule has 11 heteroatoms. The zero-order valence-corrected chi connectivity index (χ0v) is 19.5. The highest BCUT2D eigenvalue weighted by Crippen LogP contribution is 2.35. The van der Waals surface area contributed by atoms with Crippen molar-refractivity contribution in [1.29, 1.82) is 0 Å². The lowest BCUT2D eigenvalue weighted by Gasteiger charge is -2.21. The fourth-order valence-corrected chi connectivity index (χ4v) is 4.28. The van der Waals surface area contributed by atoms with E-state index in [0.29, 0.717) is 15.6 Å². The first-order chi connectivity index (χ1) is 14.3. The first-order valence-electron chi connectivity index (χ1n) is 9.18. The van der Waals surface area contributed by atoms with Crippen LogP contribution >= 0.6 is 15.9 Å². The summed E-state index contributed by atoms with van der Waals surface area (Å²) in [5.74, 6) is 0.286. The summed E-state index contributed by atoms with van der Waals surface area (Å²) in [5, 5.41) is 0. The van der Waals surface area contributed by atoms with Crippen LogP contribution in [0.1, 0.15) is 33.3 Å². The molecule has 0 aromatic carbocycles. The average Bonchev–Trinajstić information content (AvgIpc) is 3.03. The van der Waals surface area contributed by atoms with Crippen LogP contribution in [0, 0.1) is 0 Å². The molecule has 0 fully saturated rings. The van der Waals surface area contributed by atoms with Gasteiger partial charge in [0.25, 0.3) is 0 Å². The second kappa shape index (κ2) is 8.34. The number of hydrogen-bond acceptors (Lipinski definition) is 5. The van der Waals surface area contributed by atoms with Crippen molar-refractivity contribution in [2.75, 3.05) is 5.75 Å². The smallest absolute Gasteiger partial charge is 0.419 e. The molecular weight excluding hydrogens is 499 g/mol. The molecule has 6 nitrogen and oxygen atoms in total. The van der Waals surface area contributed by atoms with E-state index in [1.165, 1.54) is 12.3 Å². The topological polar surface area (TPSA) is 74.1 Å². The zero-order chi connectivity index (χ0) is 23.1. The SMILES string of the molecule is CCS(=O)c1cc(Br)cnc1-c1cc2ncc(C(F)(F)F)cc2n1C(=O)OC(C)(C)C. The van der Waals surface area contributed by atoms with E-state index in [4.69, 9.17) is 4.74 Å². The lowest BCUT2D eigenvalue weighted by Crippen LogP contribution is -2.27. The van der Waals surface area contributed by atoms with Crippen molar-refractivity contribution in [2.45, 2.75) is 44.4 Å². The number of fused-ring (bicyclic) bond motifs is 1. The van der Waals surface area contributed by atoms with E-state index >= 15 is 0 Å². The van der Waals surface area contributed by atoms with E-state index in [1.807, 2.05) is 0 Å². The van der Waals surface area contributed by atoms with Gasteiger partial charge >= 0.3 is 12.3 Å². The third-order valence-corrected chi connectivity index (χ3v) is 5.89. The maximum atomic E-state index is 13.3. The molecule has 0 saturated heterocycles. The average molecular weight is 518 g/mol. The first kappa shape index (κ1) is 23.4. The molecule has 0 amide bonds. The fraction of sp³-hybridized carbons (Fsp3) is 0.350. The predicted molar refractivity (Wildman–Crippen MR) is 114 cm³/mol.